The number of carbonyl (C=O) groups excluding carboxylic acids is 1. The molecule has 6 nitrogen and oxygen atoms in total. The Morgan fingerprint density at radius 2 is 1.44 bits per heavy atom. The zero-order chi connectivity index (χ0) is 28.3. The van der Waals surface area contributed by atoms with Crippen molar-refractivity contribution in [3.05, 3.63) is 59.2 Å². The van der Waals surface area contributed by atoms with Crippen molar-refractivity contribution in [1.29, 1.82) is 5.26 Å². The van der Waals surface area contributed by atoms with Crippen LogP contribution in [0.2, 0.25) is 0 Å². The molecule has 6 heteroatoms. The second kappa shape index (κ2) is 19.1. The molecule has 0 spiro atoms. The Bertz CT molecular complexity index is 998. The Labute approximate surface area is 235 Å². The summed E-state index contributed by atoms with van der Waals surface area (Å²) in [4.78, 5) is 12.7. The predicted octanol–water partition coefficient (Wildman–Crippen LogP) is 8.75. The van der Waals surface area contributed by atoms with Gasteiger partial charge in [-0.15, -0.1) is 0 Å². The SMILES string of the molecule is CCCCCCCC(OCCCC(CCCCCCC)c1ccc(C#N)cc1)OC(=O)c1cc(O)ccc1O. The highest BCUT2D eigenvalue weighted by atomic mass is 16.7. The summed E-state index contributed by atoms with van der Waals surface area (Å²) in [5.74, 6) is -0.657. The third-order valence-electron chi connectivity index (χ3n) is 7.15. The van der Waals surface area contributed by atoms with E-state index in [0.29, 0.717) is 24.5 Å². The molecule has 2 N–H and O–H groups in total. The third-order valence-corrected chi connectivity index (χ3v) is 7.15. The standard InChI is InChI=1S/C33H47NO5/c1-3-5-7-9-11-14-27(28-19-17-26(25-34)18-20-28)15-13-23-38-32(16-12-10-8-6-4-2)39-33(37)30-24-29(35)21-22-31(30)36/h17-22,24,27,32,35-36H,3-16,23H2,1-2H3. The molecule has 0 aliphatic carbocycles. The summed E-state index contributed by atoms with van der Waals surface area (Å²) in [6.45, 7) is 4.86. The van der Waals surface area contributed by atoms with Gasteiger partial charge >= 0.3 is 5.97 Å². The van der Waals surface area contributed by atoms with Gasteiger partial charge in [0.05, 0.1) is 18.2 Å². The van der Waals surface area contributed by atoms with Gasteiger partial charge in [-0.1, -0.05) is 83.8 Å². The lowest BCUT2D eigenvalue weighted by Crippen LogP contribution is -2.22. The van der Waals surface area contributed by atoms with Crippen molar-refractivity contribution >= 4 is 5.97 Å². The summed E-state index contributed by atoms with van der Waals surface area (Å²) in [6.07, 6.45) is 14.3. The first-order valence-electron chi connectivity index (χ1n) is 14.8. The molecule has 0 aliphatic rings. The smallest absolute Gasteiger partial charge is 0.344 e. The molecule has 2 aromatic carbocycles. The highest BCUT2D eigenvalue weighted by Gasteiger charge is 2.20. The second-order valence-electron chi connectivity index (χ2n) is 10.4. The summed E-state index contributed by atoms with van der Waals surface area (Å²) in [5, 5.41) is 28.9. The number of benzene rings is 2. The van der Waals surface area contributed by atoms with Crippen LogP contribution in [0.4, 0.5) is 0 Å². The lowest BCUT2D eigenvalue weighted by molar-refractivity contribution is -0.115. The molecule has 2 atom stereocenters. The van der Waals surface area contributed by atoms with Gasteiger partial charge in [0.15, 0.2) is 0 Å². The van der Waals surface area contributed by atoms with E-state index in [4.69, 9.17) is 14.7 Å². The molecule has 0 fully saturated rings. The van der Waals surface area contributed by atoms with E-state index >= 15 is 0 Å². The van der Waals surface area contributed by atoms with E-state index in [1.165, 1.54) is 62.3 Å². The van der Waals surface area contributed by atoms with E-state index in [0.717, 1.165) is 44.9 Å². The molecule has 2 unspecified atom stereocenters. The van der Waals surface area contributed by atoms with Crippen LogP contribution in [-0.2, 0) is 9.47 Å². The van der Waals surface area contributed by atoms with Crippen LogP contribution >= 0.6 is 0 Å². The van der Waals surface area contributed by atoms with Crippen LogP contribution in [0.25, 0.3) is 0 Å². The summed E-state index contributed by atoms with van der Waals surface area (Å²) in [5.41, 5.74) is 1.85. The molecule has 0 bridgehead atoms. The molecule has 0 heterocycles. The van der Waals surface area contributed by atoms with Crippen LogP contribution in [0, 0.1) is 11.3 Å². The first kappa shape index (κ1) is 32.2. The van der Waals surface area contributed by atoms with Gasteiger partial charge in [0.1, 0.15) is 17.1 Å². The molecular formula is C33H47NO5. The maximum Gasteiger partial charge on any atom is 0.344 e. The molecule has 214 valence electrons. The minimum atomic E-state index is -0.705. The van der Waals surface area contributed by atoms with E-state index in [9.17, 15) is 15.0 Å². The minimum absolute atomic E-state index is 0.0708. The first-order chi connectivity index (χ1) is 19.0. The molecule has 2 rings (SSSR count). The lowest BCUT2D eigenvalue weighted by atomic mass is 9.88. The van der Waals surface area contributed by atoms with E-state index < -0.39 is 12.3 Å². The molecule has 0 saturated heterocycles. The summed E-state index contributed by atoms with van der Waals surface area (Å²) in [7, 11) is 0. The number of nitrogens with zero attached hydrogens (tertiary/aromatic N) is 1. The maximum atomic E-state index is 12.7. The highest BCUT2D eigenvalue weighted by Crippen LogP contribution is 2.29. The Balaban J connectivity index is 1.95. The number of aromatic hydroxyl groups is 2. The fourth-order valence-corrected chi connectivity index (χ4v) is 4.81. The Morgan fingerprint density at radius 3 is 2.08 bits per heavy atom. The number of esters is 1. The van der Waals surface area contributed by atoms with Crippen molar-refractivity contribution in [3.63, 3.8) is 0 Å². The average molecular weight is 538 g/mol. The van der Waals surface area contributed by atoms with E-state index in [1.807, 2.05) is 12.1 Å². The summed E-state index contributed by atoms with van der Waals surface area (Å²) >= 11 is 0. The van der Waals surface area contributed by atoms with E-state index in [-0.39, 0.29) is 17.1 Å². The van der Waals surface area contributed by atoms with Crippen molar-refractivity contribution < 1.29 is 24.5 Å². The van der Waals surface area contributed by atoms with Crippen molar-refractivity contribution in [2.24, 2.45) is 0 Å². The molecule has 0 aromatic heterocycles. The van der Waals surface area contributed by atoms with Crippen LogP contribution < -0.4 is 0 Å². The van der Waals surface area contributed by atoms with Crippen molar-refractivity contribution in [3.8, 4) is 17.6 Å². The molecule has 2 aromatic rings. The number of unbranched alkanes of at least 4 members (excludes halogenated alkanes) is 8. The van der Waals surface area contributed by atoms with Crippen LogP contribution in [0.5, 0.6) is 11.5 Å². The number of nitriles is 1. The van der Waals surface area contributed by atoms with Crippen molar-refractivity contribution in [1.82, 2.24) is 0 Å². The zero-order valence-electron chi connectivity index (χ0n) is 23.9. The number of phenols is 2. The van der Waals surface area contributed by atoms with Gasteiger partial charge in [-0.05, 0) is 67.5 Å². The van der Waals surface area contributed by atoms with E-state index in [2.05, 4.69) is 32.0 Å². The molecule has 0 radical (unpaired) electrons. The Kier molecular flexibility index (Phi) is 15.7. The second-order valence-corrected chi connectivity index (χ2v) is 10.4. The van der Waals surface area contributed by atoms with Crippen LogP contribution in [0.3, 0.4) is 0 Å². The quantitative estimate of drug-likeness (QED) is 0.0758. The van der Waals surface area contributed by atoms with Gasteiger partial charge in [0, 0.05) is 6.42 Å². The van der Waals surface area contributed by atoms with Gasteiger partial charge in [-0.25, -0.2) is 4.79 Å². The number of carbonyl (C=O) groups is 1. The Morgan fingerprint density at radius 1 is 0.821 bits per heavy atom. The number of ether oxygens (including phenoxy) is 2. The van der Waals surface area contributed by atoms with Crippen LogP contribution in [-0.4, -0.2) is 29.1 Å². The normalized spacial score (nSPS) is 12.5. The fourth-order valence-electron chi connectivity index (χ4n) is 4.81. The summed E-state index contributed by atoms with van der Waals surface area (Å²) in [6, 6.07) is 13.9. The largest absolute Gasteiger partial charge is 0.508 e. The van der Waals surface area contributed by atoms with Crippen LogP contribution in [0.15, 0.2) is 42.5 Å². The topological polar surface area (TPSA) is 99.8 Å². The molecule has 0 amide bonds. The number of hydrogen-bond acceptors (Lipinski definition) is 6. The number of phenolic OH excluding ortho intramolecular Hbond substituents is 2. The number of hydrogen-bond donors (Lipinski definition) is 2. The van der Waals surface area contributed by atoms with Gasteiger partial charge in [0.25, 0.3) is 0 Å². The molecular weight excluding hydrogens is 490 g/mol. The van der Waals surface area contributed by atoms with Gasteiger partial charge < -0.3 is 19.7 Å². The van der Waals surface area contributed by atoms with Gasteiger partial charge in [0.2, 0.25) is 6.29 Å². The zero-order valence-corrected chi connectivity index (χ0v) is 23.9. The van der Waals surface area contributed by atoms with Gasteiger partial charge in [-0.3, -0.25) is 0 Å². The highest BCUT2D eigenvalue weighted by molar-refractivity contribution is 5.92. The molecule has 0 aliphatic heterocycles. The predicted molar refractivity (Wildman–Crippen MR) is 155 cm³/mol. The van der Waals surface area contributed by atoms with Crippen molar-refractivity contribution in [2.75, 3.05) is 6.61 Å². The molecule has 0 saturated carbocycles. The number of rotatable bonds is 20. The van der Waals surface area contributed by atoms with Crippen molar-refractivity contribution in [2.45, 2.75) is 116 Å². The maximum absolute atomic E-state index is 12.7. The fraction of sp³-hybridized carbons (Fsp3) is 0.576. The lowest BCUT2D eigenvalue weighted by Gasteiger charge is -2.21. The monoisotopic (exact) mass is 537 g/mol. The Hall–Kier alpha value is -3.04. The summed E-state index contributed by atoms with van der Waals surface area (Å²) < 4.78 is 11.7. The average Bonchev–Trinajstić information content (AvgIpc) is 2.95. The minimum Gasteiger partial charge on any atom is -0.508 e. The first-order valence-corrected chi connectivity index (χ1v) is 14.8. The van der Waals surface area contributed by atoms with Gasteiger partial charge in [-0.2, -0.15) is 5.26 Å². The van der Waals surface area contributed by atoms with E-state index in [1.54, 1.807) is 0 Å². The van der Waals surface area contributed by atoms with Crippen LogP contribution in [0.1, 0.15) is 131 Å². The third kappa shape index (κ3) is 12.6. The molecule has 39 heavy (non-hydrogen) atoms.